The van der Waals surface area contributed by atoms with Gasteiger partial charge in [0, 0.05) is 78.3 Å². The van der Waals surface area contributed by atoms with Gasteiger partial charge in [-0.1, -0.05) is 296 Å². The molecule has 0 spiro atoms. The van der Waals surface area contributed by atoms with Crippen LogP contribution in [0.5, 0.6) is 0 Å². The zero-order valence-electron chi connectivity index (χ0n) is 61.8. The van der Waals surface area contributed by atoms with Gasteiger partial charge in [0.05, 0.1) is 0 Å². The van der Waals surface area contributed by atoms with Crippen LogP contribution in [0, 0.1) is 0 Å². The molecule has 0 aliphatic carbocycles. The first-order valence-electron chi connectivity index (χ1n) is 40.0. The van der Waals surface area contributed by atoms with Gasteiger partial charge < -0.3 is 41.7 Å². The first kappa shape index (κ1) is 95.6. The van der Waals surface area contributed by atoms with E-state index < -0.39 is 0 Å². The Morgan fingerprint density at radius 1 is 0.207 bits per heavy atom. The molecule has 0 unspecified atom stereocenters. The van der Waals surface area contributed by atoms with E-state index in [-0.39, 0.29) is 50.1 Å². The van der Waals surface area contributed by atoms with Crippen molar-refractivity contribution in [3.63, 3.8) is 0 Å². The predicted octanol–water partition coefficient (Wildman–Crippen LogP) is 21.0. The summed E-state index contributed by atoms with van der Waals surface area (Å²) in [6.45, 7) is 12.9. The molecule has 0 aromatic rings. The number of rotatable bonds is 70. The van der Waals surface area contributed by atoms with E-state index in [2.05, 4.69) is 73.3 Å². The van der Waals surface area contributed by atoms with Crippen LogP contribution in [0.4, 0.5) is 0 Å². The molecule has 12 heteroatoms. The highest BCUT2D eigenvalue weighted by molar-refractivity contribution is 5.76. The molecule has 0 saturated heterocycles. The van der Waals surface area contributed by atoms with Crippen molar-refractivity contribution in [1.82, 2.24) is 21.3 Å². The normalized spacial score (nSPS) is 11.0. The molecule has 0 fully saturated rings. The number of carbonyl (C=O) groups excluding carboxylic acids is 4. The maximum absolute atomic E-state index is 11.6. The summed E-state index contributed by atoms with van der Waals surface area (Å²) in [5.41, 5.74) is 0. The number of amides is 4. The number of nitrogens with one attached hydrogen (secondary N) is 4. The second-order valence-electron chi connectivity index (χ2n) is 26.4. The molecule has 0 heterocycles. The first-order chi connectivity index (χ1) is 45.2. The molecule has 0 aromatic heterocycles. The van der Waals surface area contributed by atoms with Crippen molar-refractivity contribution in [2.45, 2.75) is 413 Å². The maximum atomic E-state index is 11.6. The van der Waals surface area contributed by atoms with Gasteiger partial charge in [-0.3, -0.25) is 19.2 Å². The molecule has 0 aromatic carbocycles. The summed E-state index contributed by atoms with van der Waals surface area (Å²) >= 11 is 0. The average Bonchev–Trinajstić information content (AvgIpc) is 3.58. The fourth-order valence-electron chi connectivity index (χ4n) is 10.9. The molecule has 12 nitrogen and oxygen atoms in total. The SMILES string of the molecule is CCCCCCCC/C=C\CCCCCCCCNC(=O)CCCCCO.CCCCCCCC/C=C\CCCCCCCCNC(=O)CCCO.CCCCCCCCCCCCNC(=O)CCCCCO.CCCCCCCCCCCCNC(=O)CCCO. The molecule has 8 N–H and O–H groups in total. The second-order valence-corrected chi connectivity index (χ2v) is 26.4. The van der Waals surface area contributed by atoms with Gasteiger partial charge in [0.2, 0.25) is 23.6 Å². The van der Waals surface area contributed by atoms with E-state index in [4.69, 9.17) is 20.4 Å². The third-order valence-electron chi connectivity index (χ3n) is 17.0. The average molecular weight is 1310 g/mol. The molecule has 548 valence electrons. The van der Waals surface area contributed by atoms with Crippen molar-refractivity contribution in [3.05, 3.63) is 24.3 Å². The van der Waals surface area contributed by atoms with Crippen LogP contribution in [0.1, 0.15) is 413 Å². The molecule has 0 aliphatic rings. The van der Waals surface area contributed by atoms with Crippen molar-refractivity contribution < 1.29 is 39.6 Å². The van der Waals surface area contributed by atoms with Crippen molar-refractivity contribution in [2.24, 2.45) is 0 Å². The highest BCUT2D eigenvalue weighted by atomic mass is 16.3. The summed E-state index contributed by atoms with van der Waals surface area (Å²) in [4.78, 5) is 45.7. The standard InChI is InChI=1S/C24H47NO2.C22H43NO2.C18H37NO2.C16H33NO2/c1-2-3-4-5-6-7-8-9-10-11-12-13-14-15-16-19-22-25-24(27)21-18-17-20-23-26;1-2-3-4-5-6-7-8-9-10-11-12-13-14-15-16-17-20-23-22(25)19-18-21-24;1-2-3-4-5-6-7-8-9-10-13-16-19-18(21)15-12-11-14-17-20;1-2-3-4-5-6-7-8-9-10-11-14-17-16(19)13-12-15-18/h9-10,26H,2-8,11-23H2,1H3,(H,25,27);9-10,24H,2-8,11-21H2,1H3,(H,23,25);20H,2-17H2,1H3,(H,19,21);18H,2-15H2,1H3,(H,17,19)/b2*10-9-;;. The van der Waals surface area contributed by atoms with E-state index in [9.17, 15) is 19.2 Å². The summed E-state index contributed by atoms with van der Waals surface area (Å²) in [6.07, 6.45) is 81.2. The number of carbonyl (C=O) groups is 4. The Bertz CT molecular complexity index is 1460. The zero-order chi connectivity index (χ0) is 68.0. The lowest BCUT2D eigenvalue weighted by Crippen LogP contribution is -2.24. The quantitative estimate of drug-likeness (QED) is 0.0217. The van der Waals surface area contributed by atoms with Crippen LogP contribution in [-0.4, -0.2) is 96.7 Å². The smallest absolute Gasteiger partial charge is 0.220 e. The molecule has 0 atom stereocenters. The summed E-state index contributed by atoms with van der Waals surface area (Å²) in [5.74, 6) is 0.483. The van der Waals surface area contributed by atoms with E-state index in [0.717, 1.165) is 90.4 Å². The third-order valence-corrected chi connectivity index (χ3v) is 17.0. The number of allylic oxidation sites excluding steroid dienone is 4. The van der Waals surface area contributed by atoms with Crippen LogP contribution in [0.3, 0.4) is 0 Å². The van der Waals surface area contributed by atoms with Gasteiger partial charge >= 0.3 is 0 Å². The molecule has 92 heavy (non-hydrogen) atoms. The lowest BCUT2D eigenvalue weighted by molar-refractivity contribution is -0.122. The summed E-state index contributed by atoms with van der Waals surface area (Å²) in [6, 6.07) is 0. The molecule has 0 saturated carbocycles. The Labute approximate surface area is 571 Å². The molecule has 0 bridgehead atoms. The molecule has 0 radical (unpaired) electrons. The van der Waals surface area contributed by atoms with Gasteiger partial charge in [-0.15, -0.1) is 0 Å². The monoisotopic (exact) mass is 1310 g/mol. The number of hydrogen-bond acceptors (Lipinski definition) is 8. The lowest BCUT2D eigenvalue weighted by Gasteiger charge is -2.05. The van der Waals surface area contributed by atoms with E-state index in [0.29, 0.717) is 38.5 Å². The zero-order valence-corrected chi connectivity index (χ0v) is 61.8. The van der Waals surface area contributed by atoms with Crippen molar-refractivity contribution in [2.75, 3.05) is 52.6 Å². The molecule has 0 aliphatic heterocycles. The highest BCUT2D eigenvalue weighted by Gasteiger charge is 2.04. The van der Waals surface area contributed by atoms with Crippen molar-refractivity contribution in [3.8, 4) is 0 Å². The van der Waals surface area contributed by atoms with Crippen molar-refractivity contribution in [1.29, 1.82) is 0 Å². The number of aliphatic hydroxyl groups is 4. The summed E-state index contributed by atoms with van der Waals surface area (Å²) < 4.78 is 0. The fraction of sp³-hybridized carbons (Fsp3) is 0.900. The van der Waals surface area contributed by atoms with E-state index in [1.807, 2.05) is 0 Å². The largest absolute Gasteiger partial charge is 0.396 e. The van der Waals surface area contributed by atoms with Crippen LogP contribution in [0.15, 0.2) is 24.3 Å². The fourth-order valence-corrected chi connectivity index (χ4v) is 10.9. The summed E-state index contributed by atoms with van der Waals surface area (Å²) in [7, 11) is 0. The van der Waals surface area contributed by atoms with Crippen LogP contribution < -0.4 is 21.3 Å². The summed E-state index contributed by atoms with van der Waals surface area (Å²) in [5, 5.41) is 46.4. The third kappa shape index (κ3) is 98.3. The molecular weight excluding hydrogens is 1140 g/mol. The number of aliphatic hydroxyl groups excluding tert-OH is 4. The Morgan fingerprint density at radius 2 is 0.370 bits per heavy atom. The van der Waals surface area contributed by atoms with Gasteiger partial charge in [-0.2, -0.15) is 0 Å². The molecule has 0 rings (SSSR count). The highest BCUT2D eigenvalue weighted by Crippen LogP contribution is 2.15. The van der Waals surface area contributed by atoms with Gasteiger partial charge in [0.25, 0.3) is 0 Å². The minimum absolute atomic E-state index is 0.0711. The van der Waals surface area contributed by atoms with Crippen LogP contribution >= 0.6 is 0 Å². The number of hydrogen-bond donors (Lipinski definition) is 8. The van der Waals surface area contributed by atoms with Gasteiger partial charge in [0.15, 0.2) is 0 Å². The van der Waals surface area contributed by atoms with E-state index >= 15 is 0 Å². The van der Waals surface area contributed by atoms with Gasteiger partial charge in [-0.05, 0) is 116 Å². The van der Waals surface area contributed by atoms with E-state index in [1.165, 1.54) is 283 Å². The van der Waals surface area contributed by atoms with E-state index in [1.54, 1.807) is 0 Å². The molecule has 4 amide bonds. The lowest BCUT2D eigenvalue weighted by atomic mass is 10.1. The van der Waals surface area contributed by atoms with Gasteiger partial charge in [-0.25, -0.2) is 0 Å². The Kier molecular flexibility index (Phi) is 96.0. The predicted molar refractivity (Wildman–Crippen MR) is 398 cm³/mol. The van der Waals surface area contributed by atoms with Gasteiger partial charge in [0.1, 0.15) is 0 Å². The number of unbranched alkanes of at least 4 members (excludes halogenated alkanes) is 46. The first-order valence-corrected chi connectivity index (χ1v) is 40.0. The second kappa shape index (κ2) is 92.4. The Hall–Kier alpha value is -2.80. The van der Waals surface area contributed by atoms with Crippen LogP contribution in [-0.2, 0) is 19.2 Å². The van der Waals surface area contributed by atoms with Crippen molar-refractivity contribution >= 4 is 23.6 Å². The van der Waals surface area contributed by atoms with Crippen LogP contribution in [0.2, 0.25) is 0 Å². The molecular formula is C80H160N4O8. The maximum Gasteiger partial charge on any atom is 0.220 e. The van der Waals surface area contributed by atoms with Crippen LogP contribution in [0.25, 0.3) is 0 Å². The minimum atomic E-state index is 0.0711. The Morgan fingerprint density at radius 3 is 0.565 bits per heavy atom. The minimum Gasteiger partial charge on any atom is -0.396 e. The topological polar surface area (TPSA) is 197 Å². The Balaban J connectivity index is -0.000000566.